The highest BCUT2D eigenvalue weighted by Gasteiger charge is 2.34. The maximum atomic E-state index is 13.0. The van der Waals surface area contributed by atoms with Crippen molar-refractivity contribution in [1.29, 1.82) is 10.7 Å². The van der Waals surface area contributed by atoms with Crippen LogP contribution >= 0.6 is 24.4 Å². The zero-order valence-electron chi connectivity index (χ0n) is 23.4. The van der Waals surface area contributed by atoms with E-state index in [2.05, 4.69) is 24.0 Å². The van der Waals surface area contributed by atoms with Crippen LogP contribution in [0.5, 0.6) is 5.75 Å². The normalized spacial score (nSPS) is 13.7. The van der Waals surface area contributed by atoms with E-state index in [1.54, 1.807) is 12.1 Å². The van der Waals surface area contributed by atoms with Crippen molar-refractivity contribution in [2.24, 2.45) is 0 Å². The highest BCUT2D eigenvalue weighted by molar-refractivity contribution is 8.18. The van der Waals surface area contributed by atoms with Gasteiger partial charge in [-0.3, -0.25) is 15.1 Å². The Morgan fingerprint density at radius 3 is 2.51 bits per heavy atom. The van der Waals surface area contributed by atoms with E-state index in [1.807, 2.05) is 86.5 Å². The molecule has 3 N–H and O–H groups in total. The van der Waals surface area contributed by atoms with E-state index in [9.17, 15) is 4.79 Å². The van der Waals surface area contributed by atoms with Gasteiger partial charge in [-0.05, 0) is 67.6 Å². The number of allylic oxidation sites excluding steroid dienone is 1. The zero-order valence-corrected chi connectivity index (χ0v) is 25.1. The van der Waals surface area contributed by atoms with E-state index in [4.69, 9.17) is 20.5 Å². The number of amidine groups is 1. The largest absolute Gasteiger partial charge is 0.493 e. The molecule has 0 aromatic heterocycles. The molecule has 3 aromatic rings. The number of hydrogen-bond acceptors (Lipinski definition) is 9. The molecule has 4 rings (SSSR count). The molecular formula is C31H35N5O3S2. The van der Waals surface area contributed by atoms with Crippen molar-refractivity contribution in [3.05, 3.63) is 94.5 Å². The number of rotatable bonds is 10. The number of thioether (sulfide) groups is 1. The second-order valence-corrected chi connectivity index (χ2v) is 10.5. The van der Waals surface area contributed by atoms with Crippen molar-refractivity contribution < 1.29 is 14.6 Å². The fourth-order valence-electron chi connectivity index (χ4n) is 3.86. The van der Waals surface area contributed by atoms with Crippen molar-refractivity contribution in [1.82, 2.24) is 4.90 Å². The summed E-state index contributed by atoms with van der Waals surface area (Å²) in [6, 6.07) is 24.7. The van der Waals surface area contributed by atoms with Crippen molar-refractivity contribution in [3.8, 4) is 11.8 Å². The fraction of sp³-hybridized carbons (Fsp3) is 0.258. The minimum absolute atomic E-state index is 0.0768. The van der Waals surface area contributed by atoms with Gasteiger partial charge in [0, 0.05) is 49.0 Å². The van der Waals surface area contributed by atoms with Gasteiger partial charge in [-0.2, -0.15) is 5.26 Å². The lowest BCUT2D eigenvalue weighted by Crippen LogP contribution is -2.29. The maximum absolute atomic E-state index is 13.0. The van der Waals surface area contributed by atoms with Gasteiger partial charge >= 0.3 is 0 Å². The molecule has 3 aromatic carbocycles. The average molecular weight is 590 g/mol. The molecule has 0 bridgehead atoms. The lowest BCUT2D eigenvalue weighted by Gasteiger charge is -2.23. The highest BCUT2D eigenvalue weighted by Crippen LogP contribution is 2.37. The first-order chi connectivity index (χ1) is 19.8. The quantitative estimate of drug-likeness (QED) is 0.128. The molecule has 10 heteroatoms. The fourth-order valence-corrected chi connectivity index (χ4v) is 5.09. The van der Waals surface area contributed by atoms with Crippen molar-refractivity contribution >= 4 is 46.8 Å². The van der Waals surface area contributed by atoms with Crippen LogP contribution in [-0.4, -0.2) is 47.9 Å². The van der Waals surface area contributed by atoms with Crippen LogP contribution in [0.1, 0.15) is 31.4 Å². The van der Waals surface area contributed by atoms with Gasteiger partial charge in [-0.1, -0.05) is 30.3 Å². The summed E-state index contributed by atoms with van der Waals surface area (Å²) in [5, 5.41) is 29.1. The Bertz CT molecular complexity index is 1410. The van der Waals surface area contributed by atoms with Crippen molar-refractivity contribution in [2.75, 3.05) is 37.0 Å². The number of thiol groups is 1. The molecule has 1 heterocycles. The molecule has 0 spiro atoms. The molecule has 1 aliphatic heterocycles. The van der Waals surface area contributed by atoms with Crippen LogP contribution in [-0.2, 0) is 11.3 Å². The number of nitrogens with one attached hydrogen (secondary N) is 2. The smallest absolute Gasteiger partial charge is 0.268 e. The molecule has 1 saturated heterocycles. The second kappa shape index (κ2) is 15.8. The zero-order chi connectivity index (χ0) is 29.8. The first kappa shape index (κ1) is 31.6. The molecular weight excluding hydrogens is 555 g/mol. The number of aliphatic hydroxyl groups is 1. The molecule has 1 fully saturated rings. The lowest BCUT2D eigenvalue weighted by molar-refractivity contribution is -0.122. The monoisotopic (exact) mass is 589 g/mol. The number of aliphatic hydroxyl groups excluding tert-OH is 1. The van der Waals surface area contributed by atoms with Gasteiger partial charge in [0.05, 0.1) is 35.4 Å². The van der Waals surface area contributed by atoms with Gasteiger partial charge in [0.1, 0.15) is 5.75 Å². The van der Waals surface area contributed by atoms with E-state index >= 15 is 0 Å². The molecule has 214 valence electrons. The topological polar surface area (TPSA) is 113 Å². The predicted octanol–water partition coefficient (Wildman–Crippen LogP) is 6.10. The van der Waals surface area contributed by atoms with Crippen LogP contribution in [0.2, 0.25) is 0 Å². The number of benzene rings is 3. The Morgan fingerprint density at radius 2 is 1.88 bits per heavy atom. The number of nitriles is 1. The number of ether oxygens (including phenoxy) is 1. The van der Waals surface area contributed by atoms with E-state index in [0.717, 1.165) is 34.1 Å². The van der Waals surface area contributed by atoms with Gasteiger partial charge in [-0.15, -0.1) is 12.6 Å². The molecule has 0 radical (unpaired) electrons. The van der Waals surface area contributed by atoms with Crippen LogP contribution in [0, 0.1) is 16.7 Å². The molecule has 41 heavy (non-hydrogen) atoms. The predicted molar refractivity (Wildman–Crippen MR) is 170 cm³/mol. The van der Waals surface area contributed by atoms with Crippen molar-refractivity contribution in [2.45, 2.75) is 31.7 Å². The van der Waals surface area contributed by atoms with Gasteiger partial charge in [0.15, 0.2) is 5.17 Å². The third-order valence-electron chi connectivity index (χ3n) is 6.17. The number of carbonyl (C=O) groups is 1. The molecule has 0 aliphatic carbocycles. The standard InChI is InChI=1S/C22H25N3O3S2.C9H10N2/c1-15(24(2)18-13-17(9-10-19(18)29)28-12-6-11-26)20-21(27)25(22(23)30-20)14-16-7-4-3-5-8-16;1-2-11-9-5-3-8(7-10)4-6-9/h3-5,7-10,13,23,26,29H,6,11-12,14H2,1-2H3;3-6,11H,2H2,1H3/b20-15+,23-22?;. The molecule has 1 amide bonds. The maximum Gasteiger partial charge on any atom is 0.268 e. The van der Waals surface area contributed by atoms with E-state index in [1.165, 1.54) is 16.7 Å². The summed E-state index contributed by atoms with van der Waals surface area (Å²) in [6.45, 7) is 5.69. The van der Waals surface area contributed by atoms with Crippen LogP contribution in [0.25, 0.3) is 0 Å². The average Bonchev–Trinajstić information content (AvgIpc) is 3.27. The molecule has 0 unspecified atom stereocenters. The van der Waals surface area contributed by atoms with Gasteiger partial charge in [0.25, 0.3) is 5.91 Å². The summed E-state index contributed by atoms with van der Waals surface area (Å²) >= 11 is 5.72. The van der Waals surface area contributed by atoms with Gasteiger partial charge < -0.3 is 20.1 Å². The molecule has 8 nitrogen and oxygen atoms in total. The number of carbonyl (C=O) groups excluding carboxylic acids is 1. The summed E-state index contributed by atoms with van der Waals surface area (Å²) in [6.07, 6.45) is 0.557. The van der Waals surface area contributed by atoms with Gasteiger partial charge in [0.2, 0.25) is 0 Å². The first-order valence-electron chi connectivity index (χ1n) is 13.2. The summed E-state index contributed by atoms with van der Waals surface area (Å²) < 4.78 is 5.67. The Labute approximate surface area is 251 Å². The second-order valence-electron chi connectivity index (χ2n) is 9.05. The number of anilines is 2. The molecule has 0 atom stereocenters. The summed E-state index contributed by atoms with van der Waals surface area (Å²) in [4.78, 5) is 17.7. The van der Waals surface area contributed by atoms with Crippen molar-refractivity contribution in [3.63, 3.8) is 0 Å². The Kier molecular flexibility index (Phi) is 12.2. The molecule has 1 aliphatic rings. The minimum atomic E-state index is -0.172. The third-order valence-corrected chi connectivity index (χ3v) is 7.64. The summed E-state index contributed by atoms with van der Waals surface area (Å²) in [5.41, 5.74) is 4.28. The number of nitrogens with zero attached hydrogens (tertiary/aromatic N) is 3. The highest BCUT2D eigenvalue weighted by atomic mass is 32.2. The Hall–Kier alpha value is -3.91. The van der Waals surface area contributed by atoms with Gasteiger partial charge in [-0.25, -0.2) is 0 Å². The molecule has 0 saturated carbocycles. The number of amides is 1. The Balaban J connectivity index is 0.000000352. The summed E-state index contributed by atoms with van der Waals surface area (Å²) in [5.74, 6) is 0.499. The summed E-state index contributed by atoms with van der Waals surface area (Å²) in [7, 11) is 1.87. The van der Waals surface area contributed by atoms with Crippen LogP contribution < -0.4 is 15.0 Å². The lowest BCUT2D eigenvalue weighted by atomic mass is 10.2. The van der Waals surface area contributed by atoms with E-state index < -0.39 is 0 Å². The third kappa shape index (κ3) is 8.79. The first-order valence-corrected chi connectivity index (χ1v) is 14.4. The van der Waals surface area contributed by atoms with E-state index in [0.29, 0.717) is 35.8 Å². The Morgan fingerprint density at radius 1 is 1.17 bits per heavy atom. The van der Waals surface area contributed by atoms with E-state index in [-0.39, 0.29) is 17.7 Å². The number of hydrogen-bond donors (Lipinski definition) is 4. The SMILES string of the molecule is C/C(=C1\SC(=N)N(Cc2ccccc2)C1=O)N(C)c1cc(OCCCO)ccc1S.CCNc1ccc(C#N)cc1. The van der Waals surface area contributed by atoms with Crippen LogP contribution in [0.15, 0.2) is 88.3 Å². The van der Waals surface area contributed by atoms with Crippen LogP contribution in [0.3, 0.4) is 0 Å². The minimum Gasteiger partial charge on any atom is -0.493 e. The van der Waals surface area contributed by atoms with Crippen LogP contribution in [0.4, 0.5) is 11.4 Å².